The van der Waals surface area contributed by atoms with Crippen molar-refractivity contribution in [2.24, 2.45) is 0 Å². The lowest BCUT2D eigenvalue weighted by atomic mass is 10.1. The number of hydrogen-bond donors (Lipinski definition) is 1. The van der Waals surface area contributed by atoms with Crippen LogP contribution in [0.1, 0.15) is 23.8 Å². The summed E-state index contributed by atoms with van der Waals surface area (Å²) in [5, 5.41) is 5.54. The van der Waals surface area contributed by atoms with E-state index in [2.05, 4.69) is 54.0 Å². The lowest BCUT2D eigenvalue weighted by molar-refractivity contribution is 0.922. The SMILES string of the molecule is CCCc1ccc(NCc2cccs2)cc1. The van der Waals surface area contributed by atoms with E-state index in [4.69, 9.17) is 0 Å². The van der Waals surface area contributed by atoms with Crippen molar-refractivity contribution >= 4 is 17.0 Å². The molecule has 0 aliphatic heterocycles. The fraction of sp³-hybridized carbons (Fsp3) is 0.286. The molecule has 1 heterocycles. The topological polar surface area (TPSA) is 12.0 Å². The molecule has 2 aromatic rings. The summed E-state index contributed by atoms with van der Waals surface area (Å²) in [6.07, 6.45) is 2.38. The number of nitrogens with one attached hydrogen (secondary N) is 1. The minimum absolute atomic E-state index is 0.921. The molecule has 0 fully saturated rings. The fourth-order valence-corrected chi connectivity index (χ4v) is 2.32. The molecule has 16 heavy (non-hydrogen) atoms. The van der Waals surface area contributed by atoms with Crippen LogP contribution in [-0.2, 0) is 13.0 Å². The molecule has 1 nitrogen and oxygen atoms in total. The van der Waals surface area contributed by atoms with Gasteiger partial charge in [-0.25, -0.2) is 0 Å². The second-order valence-electron chi connectivity index (χ2n) is 3.88. The molecule has 2 rings (SSSR count). The Hall–Kier alpha value is -1.28. The van der Waals surface area contributed by atoms with Gasteiger partial charge in [0.2, 0.25) is 0 Å². The molecule has 0 unspecified atom stereocenters. The molecular weight excluding hydrogens is 214 g/mol. The Morgan fingerprint density at radius 3 is 2.56 bits per heavy atom. The van der Waals surface area contributed by atoms with E-state index in [9.17, 15) is 0 Å². The van der Waals surface area contributed by atoms with Crippen LogP contribution in [-0.4, -0.2) is 0 Å². The summed E-state index contributed by atoms with van der Waals surface area (Å²) < 4.78 is 0. The predicted molar refractivity (Wildman–Crippen MR) is 72.1 cm³/mol. The Balaban J connectivity index is 1.90. The first-order chi connectivity index (χ1) is 7.88. The Morgan fingerprint density at radius 2 is 1.94 bits per heavy atom. The van der Waals surface area contributed by atoms with Crippen LogP contribution in [0.5, 0.6) is 0 Å². The van der Waals surface area contributed by atoms with E-state index < -0.39 is 0 Å². The van der Waals surface area contributed by atoms with Gasteiger partial charge in [-0.15, -0.1) is 11.3 Å². The van der Waals surface area contributed by atoms with Gasteiger partial charge in [0.05, 0.1) is 0 Å². The van der Waals surface area contributed by atoms with Gasteiger partial charge in [-0.1, -0.05) is 31.5 Å². The Bertz CT molecular complexity index is 403. The molecule has 84 valence electrons. The van der Waals surface area contributed by atoms with Crippen LogP contribution < -0.4 is 5.32 Å². The molecule has 0 aliphatic carbocycles. The van der Waals surface area contributed by atoms with E-state index in [1.54, 1.807) is 11.3 Å². The number of anilines is 1. The minimum atomic E-state index is 0.921. The summed E-state index contributed by atoms with van der Waals surface area (Å²) in [5.41, 5.74) is 2.62. The van der Waals surface area contributed by atoms with Gasteiger partial charge in [0.15, 0.2) is 0 Å². The van der Waals surface area contributed by atoms with E-state index >= 15 is 0 Å². The Kier molecular flexibility index (Phi) is 4.00. The average molecular weight is 231 g/mol. The van der Waals surface area contributed by atoms with Gasteiger partial charge in [-0.2, -0.15) is 0 Å². The van der Waals surface area contributed by atoms with E-state index in [0.29, 0.717) is 0 Å². The summed E-state index contributed by atoms with van der Waals surface area (Å²) in [4.78, 5) is 1.37. The van der Waals surface area contributed by atoms with Crippen molar-refractivity contribution in [3.8, 4) is 0 Å². The van der Waals surface area contributed by atoms with E-state index in [1.165, 1.54) is 29.0 Å². The van der Waals surface area contributed by atoms with Gasteiger partial charge < -0.3 is 5.32 Å². The normalized spacial score (nSPS) is 10.3. The van der Waals surface area contributed by atoms with Gasteiger partial charge in [-0.3, -0.25) is 0 Å². The number of hydrogen-bond acceptors (Lipinski definition) is 2. The lowest BCUT2D eigenvalue weighted by Gasteiger charge is -2.05. The molecule has 0 atom stereocenters. The molecule has 0 bridgehead atoms. The molecule has 1 N–H and O–H groups in total. The van der Waals surface area contributed by atoms with Crippen molar-refractivity contribution in [2.45, 2.75) is 26.3 Å². The van der Waals surface area contributed by atoms with Gasteiger partial charge >= 0.3 is 0 Å². The van der Waals surface area contributed by atoms with Crippen molar-refractivity contribution in [1.82, 2.24) is 0 Å². The van der Waals surface area contributed by atoms with Crippen molar-refractivity contribution < 1.29 is 0 Å². The zero-order valence-corrected chi connectivity index (χ0v) is 10.4. The molecule has 0 saturated carbocycles. The van der Waals surface area contributed by atoms with Crippen LogP contribution in [0.3, 0.4) is 0 Å². The van der Waals surface area contributed by atoms with Crippen molar-refractivity contribution in [3.63, 3.8) is 0 Å². The smallest absolute Gasteiger partial charge is 0.0494 e. The molecule has 0 radical (unpaired) electrons. The first kappa shape index (κ1) is 11.2. The van der Waals surface area contributed by atoms with Crippen LogP contribution in [0.2, 0.25) is 0 Å². The summed E-state index contributed by atoms with van der Waals surface area (Å²) in [7, 11) is 0. The third kappa shape index (κ3) is 3.11. The van der Waals surface area contributed by atoms with Crippen molar-refractivity contribution in [1.29, 1.82) is 0 Å². The number of thiophene rings is 1. The van der Waals surface area contributed by atoms with Crippen LogP contribution in [0.15, 0.2) is 41.8 Å². The Labute approximate surface area is 101 Å². The van der Waals surface area contributed by atoms with Gasteiger partial charge in [0.1, 0.15) is 0 Å². The zero-order valence-electron chi connectivity index (χ0n) is 9.57. The number of aryl methyl sites for hydroxylation is 1. The molecule has 1 aromatic carbocycles. The van der Waals surface area contributed by atoms with Crippen LogP contribution in [0.25, 0.3) is 0 Å². The molecule has 0 saturated heterocycles. The minimum Gasteiger partial charge on any atom is -0.380 e. The highest BCUT2D eigenvalue weighted by molar-refractivity contribution is 7.09. The van der Waals surface area contributed by atoms with E-state index in [0.717, 1.165) is 6.54 Å². The molecule has 0 aliphatic rings. The van der Waals surface area contributed by atoms with Gasteiger partial charge in [0, 0.05) is 17.1 Å². The second kappa shape index (κ2) is 5.71. The van der Waals surface area contributed by atoms with Gasteiger partial charge in [-0.05, 0) is 35.6 Å². The predicted octanol–water partition coefficient (Wildman–Crippen LogP) is 4.31. The third-order valence-corrected chi connectivity index (χ3v) is 3.42. The zero-order chi connectivity index (χ0) is 11.2. The molecule has 2 heteroatoms. The monoisotopic (exact) mass is 231 g/mol. The van der Waals surface area contributed by atoms with Crippen molar-refractivity contribution in [3.05, 3.63) is 52.2 Å². The lowest BCUT2D eigenvalue weighted by Crippen LogP contribution is -1.97. The number of rotatable bonds is 5. The summed E-state index contributed by atoms with van der Waals surface area (Å²) >= 11 is 1.79. The summed E-state index contributed by atoms with van der Waals surface area (Å²) in [6, 6.07) is 13.0. The quantitative estimate of drug-likeness (QED) is 0.808. The van der Waals surface area contributed by atoms with E-state index in [1.807, 2.05) is 0 Å². The molecular formula is C14H17NS. The second-order valence-corrected chi connectivity index (χ2v) is 4.91. The van der Waals surface area contributed by atoms with E-state index in [-0.39, 0.29) is 0 Å². The highest BCUT2D eigenvalue weighted by Crippen LogP contribution is 2.14. The third-order valence-electron chi connectivity index (χ3n) is 2.54. The first-order valence-corrected chi connectivity index (χ1v) is 6.61. The summed E-state index contributed by atoms with van der Waals surface area (Å²) in [5.74, 6) is 0. The summed E-state index contributed by atoms with van der Waals surface area (Å²) in [6.45, 7) is 3.13. The highest BCUT2D eigenvalue weighted by atomic mass is 32.1. The average Bonchev–Trinajstić information content (AvgIpc) is 2.82. The maximum Gasteiger partial charge on any atom is 0.0494 e. The standard InChI is InChI=1S/C14H17NS/c1-2-4-12-6-8-13(9-7-12)15-11-14-5-3-10-16-14/h3,5-10,15H,2,4,11H2,1H3. The van der Waals surface area contributed by atoms with Crippen LogP contribution >= 0.6 is 11.3 Å². The molecule has 0 amide bonds. The maximum atomic E-state index is 3.43. The highest BCUT2D eigenvalue weighted by Gasteiger charge is 1.95. The Morgan fingerprint density at radius 1 is 1.12 bits per heavy atom. The number of benzene rings is 1. The maximum absolute atomic E-state index is 3.43. The van der Waals surface area contributed by atoms with Crippen molar-refractivity contribution in [2.75, 3.05) is 5.32 Å². The first-order valence-electron chi connectivity index (χ1n) is 5.73. The van der Waals surface area contributed by atoms with Gasteiger partial charge in [0.25, 0.3) is 0 Å². The van der Waals surface area contributed by atoms with Crippen LogP contribution in [0.4, 0.5) is 5.69 Å². The molecule has 1 aromatic heterocycles. The molecule has 0 spiro atoms. The van der Waals surface area contributed by atoms with Crippen LogP contribution in [0, 0.1) is 0 Å². The fourth-order valence-electron chi connectivity index (χ4n) is 1.68. The largest absolute Gasteiger partial charge is 0.380 e.